The number of hydrogen-bond donors (Lipinski definition) is 3. The fourth-order valence-electron chi connectivity index (χ4n) is 2.00. The third kappa shape index (κ3) is 3.19. The largest absolute Gasteiger partial charge is 0.508 e. The molecule has 2 rings (SSSR count). The molecule has 0 aliphatic carbocycles. The SMILES string of the molecule is COc1ncccc1CNC(C)c1cc(O)ccc1O. The molecule has 0 aliphatic rings. The molecule has 1 heterocycles. The zero-order chi connectivity index (χ0) is 14.5. The molecule has 3 N–H and O–H groups in total. The third-order valence-electron chi connectivity index (χ3n) is 3.12. The Balaban J connectivity index is 2.08. The molecular weight excluding hydrogens is 256 g/mol. The van der Waals surface area contributed by atoms with Crippen LogP contribution >= 0.6 is 0 Å². The number of pyridine rings is 1. The van der Waals surface area contributed by atoms with E-state index in [9.17, 15) is 10.2 Å². The van der Waals surface area contributed by atoms with Crippen LogP contribution in [0.1, 0.15) is 24.1 Å². The normalized spacial score (nSPS) is 12.1. The van der Waals surface area contributed by atoms with Crippen molar-refractivity contribution >= 4 is 0 Å². The second kappa shape index (κ2) is 6.25. The molecule has 0 amide bonds. The van der Waals surface area contributed by atoms with Gasteiger partial charge < -0.3 is 20.3 Å². The number of nitrogens with zero attached hydrogens (tertiary/aromatic N) is 1. The summed E-state index contributed by atoms with van der Waals surface area (Å²) in [6.07, 6.45) is 1.67. The minimum absolute atomic E-state index is 0.119. The summed E-state index contributed by atoms with van der Waals surface area (Å²) in [5, 5.41) is 22.6. The summed E-state index contributed by atoms with van der Waals surface area (Å²) in [5.74, 6) is 0.860. The number of rotatable bonds is 5. The van der Waals surface area contributed by atoms with Crippen molar-refractivity contribution in [3.05, 3.63) is 47.7 Å². The van der Waals surface area contributed by atoms with Crippen molar-refractivity contribution in [2.45, 2.75) is 19.5 Å². The highest BCUT2D eigenvalue weighted by Gasteiger charge is 2.12. The van der Waals surface area contributed by atoms with Crippen LogP contribution in [-0.2, 0) is 6.54 Å². The number of ether oxygens (including phenoxy) is 1. The van der Waals surface area contributed by atoms with E-state index in [1.54, 1.807) is 19.4 Å². The quantitative estimate of drug-likeness (QED) is 0.730. The minimum Gasteiger partial charge on any atom is -0.508 e. The lowest BCUT2D eigenvalue weighted by atomic mass is 10.1. The maximum absolute atomic E-state index is 9.82. The number of benzene rings is 1. The zero-order valence-corrected chi connectivity index (χ0v) is 11.5. The van der Waals surface area contributed by atoms with Gasteiger partial charge in [0.2, 0.25) is 5.88 Å². The molecule has 0 fully saturated rings. The topological polar surface area (TPSA) is 74.6 Å². The first-order valence-electron chi connectivity index (χ1n) is 6.35. The number of aromatic nitrogens is 1. The average molecular weight is 274 g/mol. The molecule has 0 bridgehead atoms. The number of hydrogen-bond acceptors (Lipinski definition) is 5. The summed E-state index contributed by atoms with van der Waals surface area (Å²) in [6.45, 7) is 2.46. The molecule has 2 aromatic rings. The average Bonchev–Trinajstić information content (AvgIpc) is 2.47. The number of nitrogens with one attached hydrogen (secondary N) is 1. The van der Waals surface area contributed by atoms with Crippen LogP contribution in [0.5, 0.6) is 17.4 Å². The Labute approximate surface area is 117 Å². The lowest BCUT2D eigenvalue weighted by Crippen LogP contribution is -2.18. The van der Waals surface area contributed by atoms with Crippen molar-refractivity contribution in [3.8, 4) is 17.4 Å². The van der Waals surface area contributed by atoms with Crippen LogP contribution in [0.2, 0.25) is 0 Å². The Morgan fingerprint density at radius 3 is 2.85 bits per heavy atom. The van der Waals surface area contributed by atoms with Gasteiger partial charge in [-0.2, -0.15) is 0 Å². The lowest BCUT2D eigenvalue weighted by Gasteiger charge is -2.16. The van der Waals surface area contributed by atoms with Crippen LogP contribution in [-0.4, -0.2) is 22.3 Å². The van der Waals surface area contributed by atoms with Crippen molar-refractivity contribution in [2.24, 2.45) is 0 Å². The van der Waals surface area contributed by atoms with E-state index in [2.05, 4.69) is 10.3 Å². The Kier molecular flexibility index (Phi) is 4.42. The summed E-state index contributed by atoms with van der Waals surface area (Å²) in [5.41, 5.74) is 1.58. The van der Waals surface area contributed by atoms with Gasteiger partial charge in [-0.3, -0.25) is 0 Å². The van der Waals surface area contributed by atoms with E-state index >= 15 is 0 Å². The van der Waals surface area contributed by atoms with E-state index in [4.69, 9.17) is 4.74 Å². The maximum Gasteiger partial charge on any atom is 0.217 e. The van der Waals surface area contributed by atoms with E-state index < -0.39 is 0 Å². The van der Waals surface area contributed by atoms with Crippen molar-refractivity contribution < 1.29 is 14.9 Å². The lowest BCUT2D eigenvalue weighted by molar-refractivity contribution is 0.388. The second-order valence-corrected chi connectivity index (χ2v) is 4.52. The maximum atomic E-state index is 9.82. The molecule has 0 saturated carbocycles. The molecule has 0 saturated heterocycles. The molecule has 0 spiro atoms. The Hall–Kier alpha value is -2.27. The van der Waals surface area contributed by atoms with Crippen LogP contribution in [0.4, 0.5) is 0 Å². The number of phenolic OH excluding ortho intramolecular Hbond substituents is 2. The van der Waals surface area contributed by atoms with Gasteiger partial charge >= 0.3 is 0 Å². The van der Waals surface area contributed by atoms with Crippen LogP contribution in [0, 0.1) is 0 Å². The van der Waals surface area contributed by atoms with Crippen LogP contribution < -0.4 is 10.1 Å². The second-order valence-electron chi connectivity index (χ2n) is 4.52. The summed E-state index contributed by atoms with van der Waals surface area (Å²) in [7, 11) is 1.58. The van der Waals surface area contributed by atoms with Crippen LogP contribution in [0.25, 0.3) is 0 Å². The first kappa shape index (κ1) is 14.1. The Morgan fingerprint density at radius 2 is 2.10 bits per heavy atom. The third-order valence-corrected chi connectivity index (χ3v) is 3.12. The van der Waals surface area contributed by atoms with Gasteiger partial charge in [0.15, 0.2) is 0 Å². The minimum atomic E-state index is -0.119. The smallest absolute Gasteiger partial charge is 0.217 e. The first-order valence-corrected chi connectivity index (χ1v) is 6.35. The van der Waals surface area contributed by atoms with Crippen LogP contribution in [0.15, 0.2) is 36.5 Å². The van der Waals surface area contributed by atoms with E-state index in [-0.39, 0.29) is 17.5 Å². The molecule has 0 aliphatic heterocycles. The van der Waals surface area contributed by atoms with Crippen LogP contribution in [0.3, 0.4) is 0 Å². The first-order chi connectivity index (χ1) is 9.61. The van der Waals surface area contributed by atoms with E-state index in [1.807, 2.05) is 19.1 Å². The van der Waals surface area contributed by atoms with Gasteiger partial charge in [-0.15, -0.1) is 0 Å². The Morgan fingerprint density at radius 1 is 1.30 bits per heavy atom. The molecule has 5 nitrogen and oxygen atoms in total. The van der Waals surface area contributed by atoms with E-state index in [0.29, 0.717) is 18.0 Å². The fraction of sp³-hybridized carbons (Fsp3) is 0.267. The number of aromatic hydroxyl groups is 2. The van der Waals surface area contributed by atoms with Crippen molar-refractivity contribution in [3.63, 3.8) is 0 Å². The highest BCUT2D eigenvalue weighted by Crippen LogP contribution is 2.28. The highest BCUT2D eigenvalue weighted by molar-refractivity contribution is 5.40. The van der Waals surface area contributed by atoms with Gasteiger partial charge in [0.25, 0.3) is 0 Å². The molecular formula is C15H18N2O3. The van der Waals surface area contributed by atoms with Gasteiger partial charge in [-0.05, 0) is 31.2 Å². The summed E-state index contributed by atoms with van der Waals surface area (Å²) >= 11 is 0. The standard InChI is InChI=1S/C15H18N2O3/c1-10(13-8-12(18)5-6-14(13)19)17-9-11-4-3-7-16-15(11)20-2/h3-8,10,17-19H,9H2,1-2H3. The van der Waals surface area contributed by atoms with Crippen molar-refractivity contribution in [1.82, 2.24) is 10.3 Å². The van der Waals surface area contributed by atoms with Gasteiger partial charge in [0.05, 0.1) is 7.11 Å². The summed E-state index contributed by atoms with van der Waals surface area (Å²) in [4.78, 5) is 4.13. The summed E-state index contributed by atoms with van der Waals surface area (Å²) in [6, 6.07) is 8.13. The molecule has 1 atom stereocenters. The number of phenols is 2. The number of methoxy groups -OCH3 is 1. The van der Waals surface area contributed by atoms with Gasteiger partial charge in [0.1, 0.15) is 11.5 Å². The predicted molar refractivity (Wildman–Crippen MR) is 75.8 cm³/mol. The molecule has 106 valence electrons. The molecule has 0 radical (unpaired) electrons. The summed E-state index contributed by atoms with van der Waals surface area (Å²) < 4.78 is 5.19. The molecule has 1 aromatic heterocycles. The molecule has 5 heteroatoms. The van der Waals surface area contributed by atoms with Gasteiger partial charge in [-0.25, -0.2) is 4.98 Å². The van der Waals surface area contributed by atoms with Gasteiger partial charge in [0, 0.05) is 29.9 Å². The van der Waals surface area contributed by atoms with Gasteiger partial charge in [-0.1, -0.05) is 6.07 Å². The molecule has 20 heavy (non-hydrogen) atoms. The Bertz CT molecular complexity index is 587. The van der Waals surface area contributed by atoms with Crippen molar-refractivity contribution in [1.29, 1.82) is 0 Å². The fourth-order valence-corrected chi connectivity index (χ4v) is 2.00. The van der Waals surface area contributed by atoms with E-state index in [0.717, 1.165) is 5.56 Å². The molecule has 1 aromatic carbocycles. The van der Waals surface area contributed by atoms with E-state index in [1.165, 1.54) is 12.1 Å². The van der Waals surface area contributed by atoms with Crippen molar-refractivity contribution in [2.75, 3.05) is 7.11 Å². The monoisotopic (exact) mass is 274 g/mol. The molecule has 1 unspecified atom stereocenters. The predicted octanol–water partition coefficient (Wildman–Crippen LogP) is 2.35. The zero-order valence-electron chi connectivity index (χ0n) is 11.5. The highest BCUT2D eigenvalue weighted by atomic mass is 16.5.